The van der Waals surface area contributed by atoms with Gasteiger partial charge in [0.1, 0.15) is 5.56 Å². The Morgan fingerprint density at radius 3 is 2.74 bits per heavy atom. The molecule has 0 saturated carbocycles. The number of anilines is 1. The largest absolute Gasteiger partial charge is 0.462 e. The topological polar surface area (TPSA) is 74.3 Å². The number of nitrogens with zero attached hydrogens (tertiary/aromatic N) is 1. The number of nitrogens with two attached hydrogens (primary N) is 1. The molecule has 1 aromatic carbocycles. The molecule has 2 rings (SSSR count). The summed E-state index contributed by atoms with van der Waals surface area (Å²) in [6, 6.07) is 5.02. The Labute approximate surface area is 110 Å². The summed E-state index contributed by atoms with van der Waals surface area (Å²) in [6.07, 6.45) is 1.53. The first-order valence-electron chi connectivity index (χ1n) is 6.18. The molecule has 0 spiro atoms. The number of ether oxygens (including phenoxy) is 1. The number of hydrogen-bond donors (Lipinski definition) is 1. The fourth-order valence-electron chi connectivity index (χ4n) is 2.02. The monoisotopic (exact) mass is 260 g/mol. The summed E-state index contributed by atoms with van der Waals surface area (Å²) >= 11 is 0. The van der Waals surface area contributed by atoms with E-state index in [1.54, 1.807) is 25.1 Å². The van der Waals surface area contributed by atoms with Crippen LogP contribution in [0.1, 0.15) is 24.2 Å². The number of hydrogen-bond acceptors (Lipinski definition) is 4. The first kappa shape index (κ1) is 13.1. The van der Waals surface area contributed by atoms with E-state index < -0.39 is 5.97 Å². The number of fused-ring (bicyclic) bond motifs is 1. The van der Waals surface area contributed by atoms with E-state index in [0.717, 1.165) is 5.52 Å². The predicted molar refractivity (Wildman–Crippen MR) is 74.3 cm³/mol. The number of aryl methyl sites for hydroxylation is 1. The van der Waals surface area contributed by atoms with Crippen LogP contribution >= 0.6 is 0 Å². The Morgan fingerprint density at radius 1 is 1.37 bits per heavy atom. The number of benzene rings is 1. The number of esters is 1. The highest BCUT2D eigenvalue weighted by molar-refractivity contribution is 5.94. The summed E-state index contributed by atoms with van der Waals surface area (Å²) < 4.78 is 6.72. The van der Waals surface area contributed by atoms with Crippen molar-refractivity contribution in [1.82, 2.24) is 4.57 Å². The van der Waals surface area contributed by atoms with E-state index in [-0.39, 0.29) is 17.6 Å². The molecule has 1 heterocycles. The average Bonchev–Trinajstić information content (AvgIpc) is 2.39. The van der Waals surface area contributed by atoms with Crippen LogP contribution in [0.5, 0.6) is 0 Å². The van der Waals surface area contributed by atoms with E-state index in [9.17, 15) is 9.59 Å². The minimum absolute atomic E-state index is 0.0565. The molecule has 5 nitrogen and oxygen atoms in total. The third-order valence-electron chi connectivity index (χ3n) is 2.94. The molecule has 1 aromatic heterocycles. The molecule has 2 aromatic rings. The van der Waals surface area contributed by atoms with Gasteiger partial charge in [0.25, 0.3) is 0 Å². The summed E-state index contributed by atoms with van der Waals surface area (Å²) in [6.45, 7) is 4.51. The van der Waals surface area contributed by atoms with Crippen LogP contribution in [0.15, 0.2) is 29.2 Å². The van der Waals surface area contributed by atoms with Crippen molar-refractivity contribution in [1.29, 1.82) is 0 Å². The van der Waals surface area contributed by atoms with Crippen LogP contribution in [-0.2, 0) is 11.3 Å². The average molecular weight is 260 g/mol. The van der Waals surface area contributed by atoms with Gasteiger partial charge >= 0.3 is 5.97 Å². The second-order valence-corrected chi connectivity index (χ2v) is 4.15. The molecule has 0 atom stereocenters. The van der Waals surface area contributed by atoms with Crippen LogP contribution in [-0.4, -0.2) is 17.1 Å². The molecule has 0 saturated heterocycles. The highest BCUT2D eigenvalue weighted by atomic mass is 16.5. The van der Waals surface area contributed by atoms with Crippen molar-refractivity contribution in [3.05, 3.63) is 40.2 Å². The van der Waals surface area contributed by atoms with Crippen molar-refractivity contribution >= 4 is 22.6 Å². The van der Waals surface area contributed by atoms with Crippen molar-refractivity contribution in [3.8, 4) is 0 Å². The predicted octanol–water partition coefficient (Wildman–Crippen LogP) is 1.78. The van der Waals surface area contributed by atoms with E-state index in [2.05, 4.69) is 0 Å². The molecule has 100 valence electrons. The van der Waals surface area contributed by atoms with Gasteiger partial charge in [-0.1, -0.05) is 0 Å². The minimum Gasteiger partial charge on any atom is -0.462 e. The SMILES string of the molecule is CCOC(=O)c1cn(CC)c2cc(N)ccc2c1=O. The van der Waals surface area contributed by atoms with Crippen LogP contribution in [0.4, 0.5) is 5.69 Å². The van der Waals surface area contributed by atoms with Gasteiger partial charge in [-0.05, 0) is 32.0 Å². The van der Waals surface area contributed by atoms with Crippen molar-refractivity contribution in [2.24, 2.45) is 0 Å². The summed E-state index contributed by atoms with van der Waals surface area (Å²) in [5.74, 6) is -0.589. The van der Waals surface area contributed by atoms with E-state index in [0.29, 0.717) is 17.6 Å². The van der Waals surface area contributed by atoms with Crippen molar-refractivity contribution in [2.45, 2.75) is 20.4 Å². The summed E-state index contributed by atoms with van der Waals surface area (Å²) in [5, 5.41) is 0.474. The standard InChI is InChI=1S/C14H16N2O3/c1-3-16-8-11(14(18)19-4-2)13(17)10-6-5-9(15)7-12(10)16/h5-8H,3-4,15H2,1-2H3. The van der Waals surface area contributed by atoms with E-state index >= 15 is 0 Å². The van der Waals surface area contributed by atoms with Crippen LogP contribution in [0.25, 0.3) is 10.9 Å². The van der Waals surface area contributed by atoms with Crippen LogP contribution in [0.3, 0.4) is 0 Å². The van der Waals surface area contributed by atoms with Gasteiger partial charge in [-0.2, -0.15) is 0 Å². The van der Waals surface area contributed by atoms with Crippen molar-refractivity contribution < 1.29 is 9.53 Å². The summed E-state index contributed by atoms with van der Waals surface area (Å²) in [5.41, 5.74) is 6.78. The fourth-order valence-corrected chi connectivity index (χ4v) is 2.02. The van der Waals surface area contributed by atoms with Gasteiger partial charge in [0.05, 0.1) is 12.1 Å². The van der Waals surface area contributed by atoms with E-state index in [1.165, 1.54) is 6.20 Å². The first-order chi connectivity index (χ1) is 9.08. The Balaban J connectivity index is 2.76. The zero-order chi connectivity index (χ0) is 14.0. The van der Waals surface area contributed by atoms with Gasteiger partial charge in [-0.3, -0.25) is 4.79 Å². The maximum Gasteiger partial charge on any atom is 0.343 e. The zero-order valence-electron chi connectivity index (χ0n) is 11.0. The number of aromatic nitrogens is 1. The molecule has 19 heavy (non-hydrogen) atoms. The number of nitrogen functional groups attached to an aromatic ring is 1. The molecular weight excluding hydrogens is 244 g/mol. The van der Waals surface area contributed by atoms with E-state index in [1.807, 2.05) is 11.5 Å². The number of carbonyl (C=O) groups excluding carboxylic acids is 1. The molecule has 2 N–H and O–H groups in total. The lowest BCUT2D eigenvalue weighted by molar-refractivity contribution is 0.0524. The third kappa shape index (κ3) is 2.31. The molecule has 0 amide bonds. The van der Waals surface area contributed by atoms with Crippen LogP contribution in [0, 0.1) is 0 Å². The molecular formula is C14H16N2O3. The fraction of sp³-hybridized carbons (Fsp3) is 0.286. The number of pyridine rings is 1. The lowest BCUT2D eigenvalue weighted by atomic mass is 10.1. The first-order valence-corrected chi connectivity index (χ1v) is 6.18. The second kappa shape index (κ2) is 5.14. The number of carbonyl (C=O) groups is 1. The Hall–Kier alpha value is -2.30. The van der Waals surface area contributed by atoms with Crippen LogP contribution in [0.2, 0.25) is 0 Å². The lowest BCUT2D eigenvalue weighted by Crippen LogP contribution is -2.20. The normalized spacial score (nSPS) is 10.6. The van der Waals surface area contributed by atoms with Gasteiger partial charge in [-0.25, -0.2) is 4.79 Å². The van der Waals surface area contributed by atoms with Gasteiger partial charge in [-0.15, -0.1) is 0 Å². The molecule has 0 aliphatic carbocycles. The summed E-state index contributed by atoms with van der Waals surface area (Å²) in [4.78, 5) is 24.1. The molecule has 0 aliphatic rings. The number of rotatable bonds is 3. The Kier molecular flexibility index (Phi) is 3.55. The minimum atomic E-state index is -0.589. The van der Waals surface area contributed by atoms with E-state index in [4.69, 9.17) is 10.5 Å². The molecule has 0 bridgehead atoms. The van der Waals surface area contributed by atoms with Gasteiger partial charge < -0.3 is 15.0 Å². The van der Waals surface area contributed by atoms with Gasteiger partial charge in [0.2, 0.25) is 5.43 Å². The molecule has 0 radical (unpaired) electrons. The van der Waals surface area contributed by atoms with Gasteiger partial charge in [0.15, 0.2) is 0 Å². The highest BCUT2D eigenvalue weighted by Crippen LogP contribution is 2.16. The van der Waals surface area contributed by atoms with Gasteiger partial charge in [0, 0.05) is 23.8 Å². The molecule has 5 heteroatoms. The maximum atomic E-state index is 12.3. The highest BCUT2D eigenvalue weighted by Gasteiger charge is 2.15. The quantitative estimate of drug-likeness (QED) is 0.674. The van der Waals surface area contributed by atoms with Crippen LogP contribution < -0.4 is 11.2 Å². The van der Waals surface area contributed by atoms with Crippen molar-refractivity contribution in [2.75, 3.05) is 12.3 Å². The summed E-state index contributed by atoms with van der Waals surface area (Å²) in [7, 11) is 0. The Morgan fingerprint density at radius 2 is 2.11 bits per heavy atom. The second-order valence-electron chi connectivity index (χ2n) is 4.15. The third-order valence-corrected chi connectivity index (χ3v) is 2.94. The molecule has 0 unspecified atom stereocenters. The maximum absolute atomic E-state index is 12.3. The van der Waals surface area contributed by atoms with Crippen molar-refractivity contribution in [3.63, 3.8) is 0 Å². The Bertz CT molecular complexity index is 689. The smallest absolute Gasteiger partial charge is 0.343 e. The molecule has 0 aliphatic heterocycles. The lowest BCUT2D eigenvalue weighted by Gasteiger charge is -2.11. The zero-order valence-corrected chi connectivity index (χ0v) is 11.0. The molecule has 0 fully saturated rings.